The maximum Gasteiger partial charge on any atom is 0.225 e. The summed E-state index contributed by atoms with van der Waals surface area (Å²) in [4.78, 5) is 11.9. The molecule has 1 heterocycles. The van der Waals surface area contributed by atoms with Gasteiger partial charge in [-0.2, -0.15) is 0 Å². The van der Waals surface area contributed by atoms with Gasteiger partial charge in [0.2, 0.25) is 5.91 Å². The van der Waals surface area contributed by atoms with E-state index in [4.69, 9.17) is 4.74 Å². The number of carbonyl (C=O) groups is 1. The van der Waals surface area contributed by atoms with Gasteiger partial charge in [0.25, 0.3) is 0 Å². The van der Waals surface area contributed by atoms with Crippen molar-refractivity contribution in [3.05, 3.63) is 0 Å². The van der Waals surface area contributed by atoms with Crippen molar-refractivity contribution in [1.29, 1.82) is 0 Å². The number of carbonyl (C=O) groups excluding carboxylic acids is 1. The Labute approximate surface area is 103 Å². The summed E-state index contributed by atoms with van der Waals surface area (Å²) in [7, 11) is 0. The zero-order valence-corrected chi connectivity index (χ0v) is 10.5. The summed E-state index contributed by atoms with van der Waals surface area (Å²) >= 11 is 0. The Balaban J connectivity index is 1.75. The first-order valence-corrected chi connectivity index (χ1v) is 6.76. The highest BCUT2D eigenvalue weighted by molar-refractivity contribution is 5.79. The molecule has 0 bridgehead atoms. The lowest BCUT2D eigenvalue weighted by Gasteiger charge is -2.28. The largest absolute Gasteiger partial charge is 0.393 e. The van der Waals surface area contributed by atoms with E-state index in [9.17, 15) is 9.90 Å². The molecule has 4 nitrogen and oxygen atoms in total. The van der Waals surface area contributed by atoms with Crippen LogP contribution in [0.1, 0.15) is 39.0 Å². The van der Waals surface area contributed by atoms with Crippen LogP contribution in [0.25, 0.3) is 0 Å². The quantitative estimate of drug-likeness (QED) is 0.777. The molecule has 1 saturated carbocycles. The van der Waals surface area contributed by atoms with Gasteiger partial charge in [0, 0.05) is 19.1 Å². The molecule has 1 aliphatic carbocycles. The molecule has 0 aromatic heterocycles. The van der Waals surface area contributed by atoms with Crippen molar-refractivity contribution in [2.45, 2.75) is 51.2 Å². The van der Waals surface area contributed by atoms with Crippen molar-refractivity contribution >= 4 is 5.91 Å². The number of hydrogen-bond donors (Lipinski definition) is 2. The predicted molar refractivity (Wildman–Crippen MR) is 64.5 cm³/mol. The van der Waals surface area contributed by atoms with Crippen LogP contribution in [0.2, 0.25) is 0 Å². The second kappa shape index (κ2) is 5.83. The fourth-order valence-electron chi connectivity index (χ4n) is 2.87. The molecule has 2 rings (SSSR count). The van der Waals surface area contributed by atoms with E-state index in [1.54, 1.807) is 0 Å². The van der Waals surface area contributed by atoms with E-state index < -0.39 is 0 Å². The third-order valence-electron chi connectivity index (χ3n) is 4.12. The Kier molecular flexibility index (Phi) is 4.40. The highest BCUT2D eigenvalue weighted by Gasteiger charge is 2.31. The minimum atomic E-state index is -0.235. The summed E-state index contributed by atoms with van der Waals surface area (Å²) < 4.78 is 5.39. The highest BCUT2D eigenvalue weighted by atomic mass is 16.5. The summed E-state index contributed by atoms with van der Waals surface area (Å²) in [6.45, 7) is 3.25. The molecule has 1 amide bonds. The standard InChI is InChI=1S/C13H23NO3/c1-9-11(6-7-17-9)13(16)14-8-10-4-2-3-5-12(10)15/h9-12,15H,2-8H2,1H3,(H,14,16). The van der Waals surface area contributed by atoms with Gasteiger partial charge in [0.15, 0.2) is 0 Å². The van der Waals surface area contributed by atoms with Gasteiger partial charge in [-0.05, 0) is 26.2 Å². The van der Waals surface area contributed by atoms with E-state index in [1.807, 2.05) is 6.92 Å². The first-order chi connectivity index (χ1) is 8.18. The zero-order chi connectivity index (χ0) is 12.3. The summed E-state index contributed by atoms with van der Waals surface area (Å²) in [6, 6.07) is 0. The molecule has 1 saturated heterocycles. The van der Waals surface area contributed by atoms with Crippen molar-refractivity contribution in [2.75, 3.05) is 13.2 Å². The van der Waals surface area contributed by atoms with E-state index in [0.717, 1.165) is 25.7 Å². The molecule has 98 valence electrons. The Bertz CT molecular complexity index is 269. The van der Waals surface area contributed by atoms with Gasteiger partial charge in [-0.3, -0.25) is 4.79 Å². The first kappa shape index (κ1) is 12.8. The molecule has 17 heavy (non-hydrogen) atoms. The molecule has 2 fully saturated rings. The Hall–Kier alpha value is -0.610. The number of hydrogen-bond acceptors (Lipinski definition) is 3. The highest BCUT2D eigenvalue weighted by Crippen LogP contribution is 2.24. The molecular weight excluding hydrogens is 218 g/mol. The number of nitrogens with one attached hydrogen (secondary N) is 1. The van der Waals surface area contributed by atoms with Gasteiger partial charge < -0.3 is 15.2 Å². The van der Waals surface area contributed by atoms with Crippen molar-refractivity contribution in [1.82, 2.24) is 5.32 Å². The molecule has 2 aliphatic rings. The van der Waals surface area contributed by atoms with Gasteiger partial charge in [-0.25, -0.2) is 0 Å². The first-order valence-electron chi connectivity index (χ1n) is 6.76. The second-order valence-electron chi connectivity index (χ2n) is 5.33. The summed E-state index contributed by atoms with van der Waals surface area (Å²) in [5.74, 6) is 0.328. The molecule has 2 N–H and O–H groups in total. The minimum absolute atomic E-state index is 0.00395. The fraction of sp³-hybridized carbons (Fsp3) is 0.923. The van der Waals surface area contributed by atoms with E-state index in [0.29, 0.717) is 13.2 Å². The Morgan fingerprint density at radius 1 is 1.35 bits per heavy atom. The van der Waals surface area contributed by atoms with Crippen LogP contribution in [0, 0.1) is 11.8 Å². The van der Waals surface area contributed by atoms with Crippen LogP contribution in [-0.4, -0.2) is 36.4 Å². The van der Waals surface area contributed by atoms with Crippen LogP contribution in [0.3, 0.4) is 0 Å². The van der Waals surface area contributed by atoms with Crippen LogP contribution >= 0.6 is 0 Å². The van der Waals surface area contributed by atoms with Crippen LogP contribution < -0.4 is 5.32 Å². The fourth-order valence-corrected chi connectivity index (χ4v) is 2.87. The lowest BCUT2D eigenvalue weighted by Crippen LogP contribution is -2.40. The van der Waals surface area contributed by atoms with Crippen molar-refractivity contribution in [3.8, 4) is 0 Å². The smallest absolute Gasteiger partial charge is 0.225 e. The van der Waals surface area contributed by atoms with Gasteiger partial charge in [-0.1, -0.05) is 12.8 Å². The van der Waals surface area contributed by atoms with E-state index >= 15 is 0 Å². The van der Waals surface area contributed by atoms with Gasteiger partial charge in [0.1, 0.15) is 0 Å². The number of rotatable bonds is 3. The molecule has 4 atom stereocenters. The van der Waals surface area contributed by atoms with E-state index in [1.165, 1.54) is 6.42 Å². The topological polar surface area (TPSA) is 58.6 Å². The molecule has 0 radical (unpaired) electrons. The number of amides is 1. The number of ether oxygens (including phenoxy) is 1. The SMILES string of the molecule is CC1OCCC1C(=O)NCC1CCCCC1O. The molecule has 1 aliphatic heterocycles. The molecular formula is C13H23NO3. The number of aliphatic hydroxyl groups excluding tert-OH is 1. The summed E-state index contributed by atoms with van der Waals surface area (Å²) in [5.41, 5.74) is 0. The van der Waals surface area contributed by atoms with Crippen LogP contribution in [0.4, 0.5) is 0 Å². The molecule has 0 aromatic carbocycles. The van der Waals surface area contributed by atoms with Gasteiger partial charge >= 0.3 is 0 Å². The second-order valence-corrected chi connectivity index (χ2v) is 5.33. The third-order valence-corrected chi connectivity index (χ3v) is 4.12. The van der Waals surface area contributed by atoms with Crippen LogP contribution in [0.15, 0.2) is 0 Å². The molecule has 0 aromatic rings. The van der Waals surface area contributed by atoms with Crippen molar-refractivity contribution in [2.24, 2.45) is 11.8 Å². The molecule has 4 unspecified atom stereocenters. The molecule has 0 spiro atoms. The third kappa shape index (κ3) is 3.19. The monoisotopic (exact) mass is 241 g/mol. The van der Waals surface area contributed by atoms with Crippen LogP contribution in [-0.2, 0) is 9.53 Å². The lowest BCUT2D eigenvalue weighted by molar-refractivity contribution is -0.126. The van der Waals surface area contributed by atoms with Gasteiger partial charge in [-0.15, -0.1) is 0 Å². The Morgan fingerprint density at radius 2 is 2.12 bits per heavy atom. The average Bonchev–Trinajstić information content (AvgIpc) is 2.74. The average molecular weight is 241 g/mol. The number of aliphatic hydroxyl groups is 1. The predicted octanol–water partition coefficient (Wildman–Crippen LogP) is 1.08. The maximum atomic E-state index is 11.9. The Morgan fingerprint density at radius 3 is 2.76 bits per heavy atom. The van der Waals surface area contributed by atoms with Crippen molar-refractivity contribution < 1.29 is 14.6 Å². The lowest BCUT2D eigenvalue weighted by atomic mass is 9.86. The molecule has 4 heteroatoms. The summed E-state index contributed by atoms with van der Waals surface area (Å²) in [6.07, 6.45) is 4.80. The van der Waals surface area contributed by atoms with Gasteiger partial charge in [0.05, 0.1) is 18.1 Å². The zero-order valence-electron chi connectivity index (χ0n) is 10.5. The van der Waals surface area contributed by atoms with Crippen molar-refractivity contribution in [3.63, 3.8) is 0 Å². The summed E-state index contributed by atoms with van der Waals surface area (Å²) in [5, 5.41) is 12.8. The normalized spacial score (nSPS) is 38.0. The minimum Gasteiger partial charge on any atom is -0.393 e. The maximum absolute atomic E-state index is 11.9. The van der Waals surface area contributed by atoms with Crippen LogP contribution in [0.5, 0.6) is 0 Å². The van der Waals surface area contributed by atoms with E-state index in [-0.39, 0.29) is 30.0 Å². The van der Waals surface area contributed by atoms with E-state index in [2.05, 4.69) is 5.32 Å².